The second kappa shape index (κ2) is 5.58. The number of rotatable bonds is 3. The second-order valence-electron chi connectivity index (χ2n) is 4.93. The van der Waals surface area contributed by atoms with Crippen LogP contribution in [0.2, 0.25) is 10.0 Å². The first kappa shape index (κ1) is 14.2. The van der Waals surface area contributed by atoms with Gasteiger partial charge in [0.1, 0.15) is 5.82 Å². The van der Waals surface area contributed by atoms with Crippen LogP contribution in [-0.2, 0) is 6.54 Å². The molecule has 0 amide bonds. The second-order valence-corrected chi connectivity index (χ2v) is 5.75. The van der Waals surface area contributed by atoms with Gasteiger partial charge in [0.05, 0.1) is 26.8 Å². The van der Waals surface area contributed by atoms with Crippen LogP contribution in [0, 0.1) is 0 Å². The fraction of sp³-hybridized carbons (Fsp3) is 0.188. The molecule has 0 atom stereocenters. The van der Waals surface area contributed by atoms with Gasteiger partial charge in [-0.25, -0.2) is 4.98 Å². The Hall–Kier alpha value is -1.71. The lowest BCUT2D eigenvalue weighted by Crippen LogP contribution is -2.00. The maximum Gasteiger partial charge on any atom is 0.141 e. The fourth-order valence-corrected chi connectivity index (χ4v) is 2.92. The van der Waals surface area contributed by atoms with Crippen LogP contribution in [0.25, 0.3) is 22.4 Å². The number of fused-ring (bicyclic) bond motifs is 1. The lowest BCUT2D eigenvalue weighted by atomic mass is 10.2. The van der Waals surface area contributed by atoms with Crippen molar-refractivity contribution in [1.29, 1.82) is 0 Å². The van der Waals surface area contributed by atoms with E-state index in [0.29, 0.717) is 15.7 Å². The number of nitrogens with two attached hydrogens (primary N) is 1. The summed E-state index contributed by atoms with van der Waals surface area (Å²) >= 11 is 12.5. The van der Waals surface area contributed by atoms with E-state index in [1.165, 1.54) is 0 Å². The molecule has 5 heteroatoms. The van der Waals surface area contributed by atoms with Gasteiger partial charge in [0.25, 0.3) is 0 Å². The van der Waals surface area contributed by atoms with Crippen molar-refractivity contribution in [3.63, 3.8) is 0 Å². The van der Waals surface area contributed by atoms with Gasteiger partial charge in [-0.15, -0.1) is 0 Å². The number of nitrogen functional groups attached to an aromatic ring is 1. The van der Waals surface area contributed by atoms with E-state index in [2.05, 4.69) is 11.5 Å². The third-order valence-corrected chi connectivity index (χ3v) is 4.06. The van der Waals surface area contributed by atoms with Crippen molar-refractivity contribution in [3.8, 4) is 11.4 Å². The van der Waals surface area contributed by atoms with Crippen LogP contribution in [0.1, 0.15) is 13.3 Å². The molecule has 0 unspecified atom stereocenters. The molecule has 0 aliphatic heterocycles. The average molecular weight is 320 g/mol. The molecule has 21 heavy (non-hydrogen) atoms. The van der Waals surface area contributed by atoms with Crippen molar-refractivity contribution in [2.45, 2.75) is 19.9 Å². The number of imidazole rings is 1. The molecule has 0 aliphatic carbocycles. The third-order valence-electron chi connectivity index (χ3n) is 3.42. The SMILES string of the molecule is CCCn1c(-c2ccc(N)c(Cl)c2)nc2cccc(Cl)c21. The van der Waals surface area contributed by atoms with E-state index in [1.807, 2.05) is 30.3 Å². The molecule has 2 N–H and O–H groups in total. The van der Waals surface area contributed by atoms with Crippen LogP contribution in [0.3, 0.4) is 0 Å². The first-order valence-corrected chi connectivity index (χ1v) is 7.57. The molecule has 1 aromatic heterocycles. The Balaban J connectivity index is 2.28. The van der Waals surface area contributed by atoms with Crippen molar-refractivity contribution < 1.29 is 0 Å². The van der Waals surface area contributed by atoms with E-state index in [4.69, 9.17) is 33.9 Å². The van der Waals surface area contributed by atoms with Gasteiger partial charge < -0.3 is 10.3 Å². The van der Waals surface area contributed by atoms with Crippen molar-refractivity contribution >= 4 is 39.9 Å². The van der Waals surface area contributed by atoms with Gasteiger partial charge in [-0.05, 0) is 36.8 Å². The quantitative estimate of drug-likeness (QED) is 0.690. The van der Waals surface area contributed by atoms with Gasteiger partial charge in [-0.1, -0.05) is 36.2 Å². The monoisotopic (exact) mass is 319 g/mol. The predicted octanol–water partition coefficient (Wildman–Crippen LogP) is 5.00. The summed E-state index contributed by atoms with van der Waals surface area (Å²) in [5.41, 5.74) is 9.14. The lowest BCUT2D eigenvalue weighted by Gasteiger charge is -2.09. The van der Waals surface area contributed by atoms with Gasteiger partial charge >= 0.3 is 0 Å². The van der Waals surface area contributed by atoms with Crippen molar-refractivity contribution in [1.82, 2.24) is 9.55 Å². The van der Waals surface area contributed by atoms with Crippen LogP contribution in [-0.4, -0.2) is 9.55 Å². The minimum absolute atomic E-state index is 0.536. The number of hydrogen-bond donors (Lipinski definition) is 1. The van der Waals surface area contributed by atoms with Gasteiger partial charge in [0, 0.05) is 12.1 Å². The van der Waals surface area contributed by atoms with E-state index in [0.717, 1.165) is 35.4 Å². The highest BCUT2D eigenvalue weighted by atomic mass is 35.5. The Morgan fingerprint density at radius 1 is 1.14 bits per heavy atom. The van der Waals surface area contributed by atoms with E-state index >= 15 is 0 Å². The Kier molecular flexibility index (Phi) is 3.79. The largest absolute Gasteiger partial charge is 0.398 e. The average Bonchev–Trinajstić information content (AvgIpc) is 2.83. The number of benzene rings is 2. The zero-order chi connectivity index (χ0) is 15.0. The zero-order valence-corrected chi connectivity index (χ0v) is 13.1. The fourth-order valence-electron chi connectivity index (χ4n) is 2.47. The summed E-state index contributed by atoms with van der Waals surface area (Å²) in [5, 5.41) is 1.25. The van der Waals surface area contributed by atoms with Crippen molar-refractivity contribution in [2.24, 2.45) is 0 Å². The first-order valence-electron chi connectivity index (χ1n) is 6.82. The highest BCUT2D eigenvalue weighted by molar-refractivity contribution is 6.35. The molecule has 0 spiro atoms. The maximum absolute atomic E-state index is 6.35. The Morgan fingerprint density at radius 2 is 1.95 bits per heavy atom. The van der Waals surface area contributed by atoms with E-state index < -0.39 is 0 Å². The van der Waals surface area contributed by atoms with Gasteiger partial charge in [-0.3, -0.25) is 0 Å². The maximum atomic E-state index is 6.35. The molecule has 0 saturated carbocycles. The molecule has 3 rings (SSSR count). The van der Waals surface area contributed by atoms with E-state index in [-0.39, 0.29) is 0 Å². The van der Waals surface area contributed by atoms with E-state index in [1.54, 1.807) is 6.07 Å². The van der Waals surface area contributed by atoms with Crippen LogP contribution in [0.5, 0.6) is 0 Å². The van der Waals surface area contributed by atoms with Gasteiger partial charge in [0.15, 0.2) is 0 Å². The molecule has 108 valence electrons. The summed E-state index contributed by atoms with van der Waals surface area (Å²) < 4.78 is 2.14. The van der Waals surface area contributed by atoms with Gasteiger partial charge in [-0.2, -0.15) is 0 Å². The molecule has 2 aromatic carbocycles. The standard InChI is InChI=1S/C16H15Cl2N3/c1-2-8-21-15-11(17)4-3-5-14(15)20-16(21)10-6-7-13(19)12(18)9-10/h3-7,9H,2,8,19H2,1H3. The molecule has 0 radical (unpaired) electrons. The summed E-state index contributed by atoms with van der Waals surface area (Å²) in [6.45, 7) is 2.97. The lowest BCUT2D eigenvalue weighted by molar-refractivity contribution is 0.704. The Morgan fingerprint density at radius 3 is 2.67 bits per heavy atom. The molecule has 1 heterocycles. The van der Waals surface area contributed by atoms with Crippen LogP contribution < -0.4 is 5.73 Å². The molecule has 0 aliphatic rings. The minimum atomic E-state index is 0.536. The first-order chi connectivity index (χ1) is 10.1. The summed E-state index contributed by atoms with van der Waals surface area (Å²) in [7, 11) is 0. The van der Waals surface area contributed by atoms with Gasteiger partial charge in [0.2, 0.25) is 0 Å². The van der Waals surface area contributed by atoms with Crippen molar-refractivity contribution in [3.05, 3.63) is 46.4 Å². The van der Waals surface area contributed by atoms with Crippen LogP contribution >= 0.6 is 23.2 Å². The smallest absolute Gasteiger partial charge is 0.141 e. The van der Waals surface area contributed by atoms with E-state index in [9.17, 15) is 0 Å². The number of aromatic nitrogens is 2. The predicted molar refractivity (Wildman–Crippen MR) is 89.9 cm³/mol. The summed E-state index contributed by atoms with van der Waals surface area (Å²) in [6.07, 6.45) is 0.992. The number of hydrogen-bond acceptors (Lipinski definition) is 2. The molecule has 0 saturated heterocycles. The van der Waals surface area contributed by atoms with Crippen LogP contribution in [0.15, 0.2) is 36.4 Å². The summed E-state index contributed by atoms with van der Waals surface area (Å²) in [5.74, 6) is 0.863. The molecule has 3 nitrogen and oxygen atoms in total. The number of halogens is 2. The van der Waals surface area contributed by atoms with Crippen molar-refractivity contribution in [2.75, 3.05) is 5.73 Å². The Labute approximate surface area is 133 Å². The number of para-hydroxylation sites is 1. The highest BCUT2D eigenvalue weighted by Crippen LogP contribution is 2.32. The molecule has 0 fully saturated rings. The normalized spacial score (nSPS) is 11.2. The third kappa shape index (κ3) is 2.47. The molecular formula is C16H15Cl2N3. The minimum Gasteiger partial charge on any atom is -0.398 e. The molecule has 3 aromatic rings. The summed E-state index contributed by atoms with van der Waals surface area (Å²) in [6, 6.07) is 11.3. The zero-order valence-electron chi connectivity index (χ0n) is 11.6. The summed E-state index contributed by atoms with van der Waals surface area (Å²) in [4.78, 5) is 4.71. The van der Waals surface area contributed by atoms with Crippen LogP contribution in [0.4, 0.5) is 5.69 Å². The number of aryl methyl sites for hydroxylation is 1. The highest BCUT2D eigenvalue weighted by Gasteiger charge is 2.15. The topological polar surface area (TPSA) is 43.8 Å². The number of nitrogens with zero attached hydrogens (tertiary/aromatic N) is 2. The molecule has 0 bridgehead atoms. The number of anilines is 1. The Bertz CT molecular complexity index is 809. The molecular weight excluding hydrogens is 305 g/mol.